The number of rotatable bonds is 3. The molecule has 5 heteroatoms. The highest BCUT2D eigenvalue weighted by Gasteiger charge is 2.43. The van der Waals surface area contributed by atoms with Crippen molar-refractivity contribution in [2.24, 2.45) is 11.8 Å². The molecular formula is C18H33NO3Si. The first-order valence-corrected chi connectivity index (χ1v) is 11.4. The molecule has 4 nitrogen and oxygen atoms in total. The summed E-state index contributed by atoms with van der Waals surface area (Å²) in [5, 5.41) is -0.149. The van der Waals surface area contributed by atoms with Gasteiger partial charge in [-0.1, -0.05) is 13.8 Å². The number of hydrogen-bond donors (Lipinski definition) is 1. The van der Waals surface area contributed by atoms with Crippen LogP contribution in [0.5, 0.6) is 0 Å². The first-order chi connectivity index (χ1) is 10.3. The van der Waals surface area contributed by atoms with E-state index in [1.165, 1.54) is 0 Å². The summed E-state index contributed by atoms with van der Waals surface area (Å²) < 4.78 is 5.49. The van der Waals surface area contributed by atoms with E-state index >= 15 is 0 Å². The second kappa shape index (κ2) is 6.86. The molecule has 0 aliphatic carbocycles. The van der Waals surface area contributed by atoms with Gasteiger partial charge in [-0.2, -0.15) is 0 Å². The van der Waals surface area contributed by atoms with Gasteiger partial charge >= 0.3 is 6.09 Å². The molecule has 1 saturated heterocycles. The number of ether oxygens (including phenoxy) is 1. The highest BCUT2D eigenvalue weighted by molar-refractivity contribution is 6.72. The molecule has 1 heterocycles. The van der Waals surface area contributed by atoms with Gasteiger partial charge < -0.3 is 14.4 Å². The largest absolute Gasteiger partial charge is 0.444 e. The number of hydrogen-bond acceptors (Lipinski definition) is 3. The van der Waals surface area contributed by atoms with Gasteiger partial charge in [0.1, 0.15) is 5.60 Å². The van der Waals surface area contributed by atoms with E-state index in [1.54, 1.807) is 4.90 Å². The van der Waals surface area contributed by atoms with E-state index in [9.17, 15) is 9.59 Å². The second-order valence-corrected chi connectivity index (χ2v) is 13.4. The van der Waals surface area contributed by atoms with E-state index < -0.39 is 13.9 Å². The topological polar surface area (TPSA) is 49.8 Å². The first-order valence-electron chi connectivity index (χ1n) is 8.43. The summed E-state index contributed by atoms with van der Waals surface area (Å²) in [6.45, 7) is 15.0. The number of nitrogens with zero attached hydrogens (tertiary/aromatic N) is 1. The second-order valence-electron chi connectivity index (χ2n) is 8.90. The lowest BCUT2D eigenvalue weighted by atomic mass is 9.80. The first kappa shape index (κ1) is 20.1. The Labute approximate surface area is 142 Å². The predicted molar refractivity (Wildman–Crippen MR) is 96.6 cm³/mol. The van der Waals surface area contributed by atoms with Gasteiger partial charge in [-0.25, -0.2) is 4.79 Å². The van der Waals surface area contributed by atoms with Crippen molar-refractivity contribution in [3.63, 3.8) is 0 Å². The van der Waals surface area contributed by atoms with Gasteiger partial charge in [0.2, 0.25) is 0 Å². The van der Waals surface area contributed by atoms with Crippen molar-refractivity contribution in [2.75, 3.05) is 13.1 Å². The van der Waals surface area contributed by atoms with Crippen molar-refractivity contribution in [3.05, 3.63) is 0 Å². The third-order valence-corrected chi connectivity index (χ3v) is 8.54. The molecule has 1 amide bonds. The Morgan fingerprint density at radius 3 is 2.35 bits per heavy atom. The lowest BCUT2D eigenvalue weighted by molar-refractivity contribution is 0.0119. The normalized spacial score (nSPS) is 23.3. The van der Waals surface area contributed by atoms with Crippen molar-refractivity contribution < 1.29 is 14.3 Å². The molecule has 0 unspecified atom stereocenters. The molecule has 0 radical (unpaired) electrons. The van der Waals surface area contributed by atoms with E-state index in [2.05, 4.69) is 19.8 Å². The van der Waals surface area contributed by atoms with Crippen LogP contribution in [-0.2, 0) is 4.74 Å². The van der Waals surface area contributed by atoms with Crippen LogP contribution in [0.25, 0.3) is 0 Å². The molecule has 0 saturated carbocycles. The van der Waals surface area contributed by atoms with Crippen LogP contribution >= 0.6 is 0 Å². The molecule has 23 heavy (non-hydrogen) atoms. The maximum Gasteiger partial charge on any atom is 0.410 e. The van der Waals surface area contributed by atoms with E-state index in [0.29, 0.717) is 13.1 Å². The molecule has 0 bridgehead atoms. The lowest BCUT2D eigenvalue weighted by Crippen LogP contribution is -2.48. The summed E-state index contributed by atoms with van der Waals surface area (Å²) in [6.07, 6.45) is 7.07. The third-order valence-electron chi connectivity index (χ3n) is 5.03. The van der Waals surface area contributed by atoms with E-state index in [4.69, 9.17) is 11.2 Å². The monoisotopic (exact) mass is 339 g/mol. The van der Waals surface area contributed by atoms with Crippen LogP contribution in [0.1, 0.15) is 47.5 Å². The Kier molecular flexibility index (Phi) is 5.98. The van der Waals surface area contributed by atoms with Gasteiger partial charge in [0.05, 0.1) is 0 Å². The Hall–Kier alpha value is -0.993. The molecular weight excluding hydrogens is 306 g/mol. The highest BCUT2D eigenvalue weighted by Crippen LogP contribution is 2.44. The van der Waals surface area contributed by atoms with Gasteiger partial charge in [0, 0.05) is 19.0 Å². The fraction of sp³-hybridized carbons (Fsp3) is 0.833. The number of carbonyl (C=O) groups is 1. The average molecular weight is 340 g/mol. The molecule has 1 N–H and O–H groups in total. The Morgan fingerprint density at radius 1 is 1.35 bits per heavy atom. The molecule has 132 valence electrons. The summed E-state index contributed by atoms with van der Waals surface area (Å²) in [5.41, 5.74) is -0.491. The minimum atomic E-state index is -2.30. The van der Waals surface area contributed by atoms with E-state index in [1.807, 2.05) is 33.9 Å². The van der Waals surface area contributed by atoms with Crippen LogP contribution < -0.4 is 0 Å². The van der Waals surface area contributed by atoms with Gasteiger partial charge in [0.15, 0.2) is 8.32 Å². The number of piperidine rings is 1. The standard InChI is InChI=1S/C18H33NO3Si/c1-9-14-10-11-19(16(20)22-17(2,3)4)13-15(14)12-18(5,6)23(7,8)21/h1,14-15,21H,10-13H2,2-8H3/t14-,15-/m1/s1. The number of likely N-dealkylation sites (tertiary alicyclic amines) is 1. The molecule has 1 fully saturated rings. The highest BCUT2D eigenvalue weighted by atomic mass is 28.4. The van der Waals surface area contributed by atoms with Crippen molar-refractivity contribution in [3.8, 4) is 12.3 Å². The molecule has 0 aromatic rings. The SMILES string of the molecule is C#C[C@@H]1CCN(C(=O)OC(C)(C)C)C[C@H]1CC(C)(C)[Si](C)(C)O. The van der Waals surface area contributed by atoms with Crippen LogP contribution in [0, 0.1) is 24.2 Å². The van der Waals surface area contributed by atoms with Crippen molar-refractivity contribution in [2.45, 2.75) is 71.2 Å². The molecule has 0 aromatic heterocycles. The van der Waals surface area contributed by atoms with Crippen molar-refractivity contribution in [1.82, 2.24) is 4.90 Å². The Bertz CT molecular complexity index is 468. The van der Waals surface area contributed by atoms with Crippen LogP contribution in [0.2, 0.25) is 18.1 Å². The summed E-state index contributed by atoms with van der Waals surface area (Å²) in [6, 6.07) is 0. The van der Waals surface area contributed by atoms with Gasteiger partial charge in [0.25, 0.3) is 0 Å². The fourth-order valence-electron chi connectivity index (χ4n) is 2.86. The molecule has 0 aromatic carbocycles. The number of carbonyl (C=O) groups excluding carboxylic acids is 1. The van der Waals surface area contributed by atoms with Crippen LogP contribution in [-0.4, -0.2) is 42.8 Å². The lowest BCUT2D eigenvalue weighted by Gasteiger charge is -2.43. The van der Waals surface area contributed by atoms with Gasteiger partial charge in [-0.05, 0) is 57.7 Å². The van der Waals surface area contributed by atoms with Crippen molar-refractivity contribution in [1.29, 1.82) is 0 Å². The van der Waals surface area contributed by atoms with Crippen LogP contribution in [0.3, 0.4) is 0 Å². The Morgan fingerprint density at radius 2 is 1.91 bits per heavy atom. The molecule has 1 aliphatic heterocycles. The van der Waals surface area contributed by atoms with E-state index in [0.717, 1.165) is 12.8 Å². The molecule has 0 spiro atoms. The van der Waals surface area contributed by atoms with Crippen LogP contribution in [0.15, 0.2) is 0 Å². The van der Waals surface area contributed by atoms with E-state index in [-0.39, 0.29) is 23.0 Å². The van der Waals surface area contributed by atoms with Crippen LogP contribution in [0.4, 0.5) is 4.79 Å². The zero-order valence-electron chi connectivity index (χ0n) is 15.8. The minimum Gasteiger partial charge on any atom is -0.444 e. The summed E-state index contributed by atoms with van der Waals surface area (Å²) >= 11 is 0. The fourth-order valence-corrected chi connectivity index (χ4v) is 3.62. The molecule has 1 aliphatic rings. The van der Waals surface area contributed by atoms with Gasteiger partial charge in [-0.15, -0.1) is 12.3 Å². The zero-order valence-corrected chi connectivity index (χ0v) is 16.8. The number of terminal acetylenes is 1. The quantitative estimate of drug-likeness (QED) is 0.627. The Balaban J connectivity index is 2.84. The maximum absolute atomic E-state index is 12.3. The molecule has 1 rings (SSSR count). The summed E-state index contributed by atoms with van der Waals surface area (Å²) in [4.78, 5) is 24.6. The minimum absolute atomic E-state index is 0.149. The van der Waals surface area contributed by atoms with Crippen molar-refractivity contribution >= 4 is 14.4 Å². The predicted octanol–water partition coefficient (Wildman–Crippen LogP) is 3.86. The third kappa shape index (κ3) is 5.54. The average Bonchev–Trinajstić information content (AvgIpc) is 2.34. The molecule has 2 atom stereocenters. The smallest absolute Gasteiger partial charge is 0.410 e. The summed E-state index contributed by atoms with van der Waals surface area (Å²) in [7, 11) is -2.30. The zero-order chi connectivity index (χ0) is 18.1. The number of amides is 1. The van der Waals surface area contributed by atoms with Gasteiger partial charge in [-0.3, -0.25) is 0 Å². The maximum atomic E-state index is 12.3. The summed E-state index contributed by atoms with van der Waals surface area (Å²) in [5.74, 6) is 3.25.